The van der Waals surface area contributed by atoms with Gasteiger partial charge in [0.15, 0.2) is 5.67 Å². The van der Waals surface area contributed by atoms with E-state index in [1.54, 1.807) is 0 Å². The van der Waals surface area contributed by atoms with E-state index in [0.29, 0.717) is 6.07 Å². The van der Waals surface area contributed by atoms with Crippen molar-refractivity contribution < 1.29 is 36.6 Å². The van der Waals surface area contributed by atoms with E-state index in [9.17, 15) is 27.2 Å². The van der Waals surface area contributed by atoms with E-state index in [1.165, 1.54) is 12.4 Å². The van der Waals surface area contributed by atoms with Gasteiger partial charge in [-0.2, -0.15) is 13.2 Å². The lowest BCUT2D eigenvalue weighted by molar-refractivity contribution is -0.136. The summed E-state index contributed by atoms with van der Waals surface area (Å²) < 4.78 is 65.3. The third kappa shape index (κ3) is 5.00. The predicted octanol–water partition coefficient (Wildman–Crippen LogP) is 3.87. The van der Waals surface area contributed by atoms with Gasteiger partial charge in [-0.05, 0) is 5.92 Å². The van der Waals surface area contributed by atoms with Crippen LogP contribution in [0.1, 0.15) is 29.8 Å². The number of carbonyl (C=O) groups excluding carboxylic acids is 2. The second-order valence-corrected chi connectivity index (χ2v) is 8.56. The number of ether oxygens (including phenoxy) is 2. The molecule has 2 amide bonds. The summed E-state index contributed by atoms with van der Waals surface area (Å²) in [6.07, 6.45) is -5.38. The molecule has 0 bridgehead atoms. The molecule has 2 aromatic heterocycles. The van der Waals surface area contributed by atoms with E-state index < -0.39 is 41.9 Å². The first-order valence-electron chi connectivity index (χ1n) is 9.38. The Morgan fingerprint density at radius 3 is 2.61 bits per heavy atom. The van der Waals surface area contributed by atoms with Gasteiger partial charge in [0.25, 0.3) is 5.91 Å². The average Bonchev–Trinajstić information content (AvgIpc) is 3.10. The quantitative estimate of drug-likeness (QED) is 0.658. The van der Waals surface area contributed by atoms with Gasteiger partial charge in [0.2, 0.25) is 5.88 Å². The number of aromatic nitrogens is 1. The number of thiophene rings is 1. The second kappa shape index (κ2) is 8.48. The number of alkyl halides is 4. The maximum Gasteiger partial charge on any atom is 0.418 e. The zero-order valence-corrected chi connectivity index (χ0v) is 17.8. The first-order chi connectivity index (χ1) is 14.4. The Morgan fingerprint density at radius 1 is 1.35 bits per heavy atom. The van der Waals surface area contributed by atoms with Gasteiger partial charge in [-0.1, -0.05) is 13.8 Å². The van der Waals surface area contributed by atoms with Crippen LogP contribution in [-0.2, 0) is 10.9 Å². The van der Waals surface area contributed by atoms with Gasteiger partial charge in [-0.15, -0.1) is 11.3 Å². The van der Waals surface area contributed by atoms with E-state index in [2.05, 4.69) is 10.3 Å². The molecule has 0 spiro atoms. The summed E-state index contributed by atoms with van der Waals surface area (Å²) in [6.45, 7) is 2.71. The summed E-state index contributed by atoms with van der Waals surface area (Å²) in [5.41, 5.74) is -3.16. The number of halogens is 4. The number of pyridine rings is 1. The summed E-state index contributed by atoms with van der Waals surface area (Å²) in [5.74, 6) is -0.925. The molecule has 0 radical (unpaired) electrons. The van der Waals surface area contributed by atoms with Gasteiger partial charge in [0.05, 0.1) is 41.0 Å². The number of hydrogen-bond donors (Lipinski definition) is 1. The maximum atomic E-state index is 14.8. The smallest absolute Gasteiger partial charge is 0.418 e. The first-order valence-corrected chi connectivity index (χ1v) is 10.3. The third-order valence-electron chi connectivity index (χ3n) is 4.50. The van der Waals surface area contributed by atoms with Gasteiger partial charge in [0.1, 0.15) is 6.61 Å². The molecule has 0 atom stereocenters. The summed E-state index contributed by atoms with van der Waals surface area (Å²) in [7, 11) is 1.35. The third-order valence-corrected chi connectivity index (χ3v) is 5.50. The molecular weight excluding hydrogens is 442 g/mol. The van der Waals surface area contributed by atoms with Gasteiger partial charge in [0, 0.05) is 18.5 Å². The van der Waals surface area contributed by atoms with Crippen molar-refractivity contribution in [1.82, 2.24) is 15.2 Å². The Kier molecular flexibility index (Phi) is 6.30. The molecule has 3 heterocycles. The molecule has 1 saturated heterocycles. The number of amides is 2. The van der Waals surface area contributed by atoms with Crippen LogP contribution in [0.15, 0.2) is 11.4 Å². The number of nitrogens with one attached hydrogen (secondary N) is 1. The molecule has 0 unspecified atom stereocenters. The van der Waals surface area contributed by atoms with Crippen LogP contribution >= 0.6 is 11.3 Å². The number of hydrogen-bond acceptors (Lipinski definition) is 6. The molecule has 31 heavy (non-hydrogen) atoms. The molecule has 0 aromatic carbocycles. The van der Waals surface area contributed by atoms with Crippen molar-refractivity contribution >= 4 is 33.6 Å². The van der Waals surface area contributed by atoms with Crippen molar-refractivity contribution in [2.45, 2.75) is 25.7 Å². The van der Waals surface area contributed by atoms with E-state index in [4.69, 9.17) is 9.47 Å². The van der Waals surface area contributed by atoms with Crippen molar-refractivity contribution in [2.24, 2.45) is 5.92 Å². The molecule has 2 aromatic rings. The highest BCUT2D eigenvalue weighted by Gasteiger charge is 2.47. The molecule has 1 N–H and O–H groups in total. The Morgan fingerprint density at radius 2 is 2.03 bits per heavy atom. The van der Waals surface area contributed by atoms with Crippen LogP contribution in [0, 0.1) is 5.92 Å². The molecule has 1 aliphatic rings. The van der Waals surface area contributed by atoms with Gasteiger partial charge in [-0.25, -0.2) is 14.2 Å². The van der Waals surface area contributed by atoms with Crippen molar-refractivity contribution in [3.63, 3.8) is 0 Å². The minimum absolute atomic E-state index is 0.0314. The number of nitrogens with zero attached hydrogens (tertiary/aromatic N) is 2. The lowest BCUT2D eigenvalue weighted by Gasteiger charge is -2.42. The minimum Gasteiger partial charge on any atom is -0.474 e. The molecule has 0 aliphatic carbocycles. The van der Waals surface area contributed by atoms with Crippen LogP contribution in [0.2, 0.25) is 0 Å². The summed E-state index contributed by atoms with van der Waals surface area (Å²) in [4.78, 5) is 28.9. The molecule has 170 valence electrons. The highest BCUT2D eigenvalue weighted by Crippen LogP contribution is 2.40. The fraction of sp³-hybridized carbons (Fsp3) is 0.526. The molecule has 1 aliphatic heterocycles. The standard InChI is InChI=1S/C19H21F4N3O4S/c1-10(2)5-29-17(28)26-7-18(20,8-26)9-30-13-4-12(19(21,22)23)15-14(25-13)11(6-31-15)16(27)24-3/h4,6,10H,5,7-9H2,1-3H3,(H,24,27). The topological polar surface area (TPSA) is 80.8 Å². The fourth-order valence-electron chi connectivity index (χ4n) is 2.96. The SMILES string of the molecule is CNC(=O)c1csc2c(C(F)(F)F)cc(OCC3(F)CN(C(=O)OCC(C)C)C3)nc12. The highest BCUT2D eigenvalue weighted by atomic mass is 32.1. The number of rotatable bonds is 6. The van der Waals surface area contributed by atoms with Crippen LogP contribution in [0.25, 0.3) is 10.2 Å². The van der Waals surface area contributed by atoms with Crippen LogP contribution in [0.5, 0.6) is 5.88 Å². The zero-order chi connectivity index (χ0) is 23.0. The number of fused-ring (bicyclic) bond motifs is 1. The van der Waals surface area contributed by atoms with Crippen molar-refractivity contribution in [3.8, 4) is 5.88 Å². The summed E-state index contributed by atoms with van der Waals surface area (Å²) in [5, 5.41) is 3.62. The maximum absolute atomic E-state index is 14.8. The molecule has 0 saturated carbocycles. The predicted molar refractivity (Wildman–Crippen MR) is 105 cm³/mol. The first kappa shape index (κ1) is 23.0. The number of likely N-dealkylation sites (tertiary alicyclic amines) is 1. The molecule has 12 heteroatoms. The monoisotopic (exact) mass is 463 g/mol. The van der Waals surface area contributed by atoms with Gasteiger partial charge < -0.3 is 19.7 Å². The van der Waals surface area contributed by atoms with Crippen molar-refractivity contribution in [1.29, 1.82) is 0 Å². The van der Waals surface area contributed by atoms with Crippen LogP contribution in [0.4, 0.5) is 22.4 Å². The van der Waals surface area contributed by atoms with E-state index >= 15 is 0 Å². The van der Waals surface area contributed by atoms with Crippen molar-refractivity contribution in [2.75, 3.05) is 33.4 Å². The van der Waals surface area contributed by atoms with Crippen LogP contribution < -0.4 is 10.1 Å². The lowest BCUT2D eigenvalue weighted by atomic mass is 9.98. The Hall–Kier alpha value is -2.63. The molecule has 1 fully saturated rings. The largest absolute Gasteiger partial charge is 0.474 e. The van der Waals surface area contributed by atoms with Gasteiger partial charge >= 0.3 is 12.3 Å². The summed E-state index contributed by atoms with van der Waals surface area (Å²) >= 11 is 0.738. The second-order valence-electron chi connectivity index (χ2n) is 7.68. The number of carbonyl (C=O) groups is 2. The lowest BCUT2D eigenvalue weighted by Crippen LogP contribution is -2.63. The van der Waals surface area contributed by atoms with E-state index in [1.807, 2.05) is 13.8 Å². The zero-order valence-electron chi connectivity index (χ0n) is 17.0. The Balaban J connectivity index is 1.75. The minimum atomic E-state index is -4.72. The average molecular weight is 463 g/mol. The highest BCUT2D eigenvalue weighted by molar-refractivity contribution is 7.17. The molecular formula is C19H21F4N3O4S. The van der Waals surface area contributed by atoms with Gasteiger partial charge in [-0.3, -0.25) is 4.79 Å². The normalized spacial score (nSPS) is 15.7. The fourth-order valence-corrected chi connectivity index (χ4v) is 3.98. The Bertz CT molecular complexity index is 986. The van der Waals surface area contributed by atoms with Crippen LogP contribution in [0.3, 0.4) is 0 Å². The van der Waals surface area contributed by atoms with E-state index in [-0.39, 0.29) is 41.4 Å². The van der Waals surface area contributed by atoms with E-state index in [0.717, 1.165) is 16.2 Å². The molecule has 7 nitrogen and oxygen atoms in total. The van der Waals surface area contributed by atoms with Crippen LogP contribution in [-0.4, -0.2) is 60.9 Å². The molecule has 3 rings (SSSR count). The summed E-state index contributed by atoms with van der Waals surface area (Å²) in [6, 6.07) is 0.684. The van der Waals surface area contributed by atoms with Crippen molar-refractivity contribution in [3.05, 3.63) is 22.6 Å². The Labute approximate surface area is 179 Å².